The van der Waals surface area contributed by atoms with Crippen molar-refractivity contribution in [3.8, 4) is 0 Å². The Hall–Kier alpha value is -3.77. The molecule has 0 saturated carbocycles. The van der Waals surface area contributed by atoms with E-state index in [1.807, 2.05) is 36.4 Å². The predicted molar refractivity (Wildman–Crippen MR) is 117 cm³/mol. The van der Waals surface area contributed by atoms with Gasteiger partial charge < -0.3 is 9.84 Å². The number of hydrogen-bond acceptors (Lipinski definition) is 4. The number of fused-ring (bicyclic) bond motifs is 2. The molecule has 0 aromatic heterocycles. The molecular weight excluding hydrogens is 409 g/mol. The van der Waals surface area contributed by atoms with Crippen LogP contribution < -0.4 is 4.90 Å². The van der Waals surface area contributed by atoms with Gasteiger partial charge >= 0.3 is 6.09 Å². The van der Waals surface area contributed by atoms with Crippen LogP contribution in [0.25, 0.3) is 6.08 Å². The molecular formula is C26H20FNO4. The van der Waals surface area contributed by atoms with Crippen LogP contribution in [-0.4, -0.2) is 17.1 Å². The molecule has 3 aromatic carbocycles. The summed E-state index contributed by atoms with van der Waals surface area (Å²) in [7, 11) is 0. The molecule has 0 bridgehead atoms. The number of amides is 2. The Bertz CT molecular complexity index is 1220. The van der Waals surface area contributed by atoms with E-state index in [0.29, 0.717) is 16.8 Å². The molecule has 1 heterocycles. The van der Waals surface area contributed by atoms with Gasteiger partial charge in [0.1, 0.15) is 12.4 Å². The van der Waals surface area contributed by atoms with Gasteiger partial charge in [-0.2, -0.15) is 0 Å². The highest BCUT2D eigenvalue weighted by Gasteiger charge is 2.47. The average Bonchev–Trinajstić information content (AvgIpc) is 3.11. The van der Waals surface area contributed by atoms with E-state index in [2.05, 4.69) is 0 Å². The molecule has 6 heteroatoms. The molecule has 3 aromatic rings. The van der Waals surface area contributed by atoms with Gasteiger partial charge in [-0.05, 0) is 40.5 Å². The van der Waals surface area contributed by atoms with E-state index in [-0.39, 0.29) is 12.4 Å². The van der Waals surface area contributed by atoms with Crippen molar-refractivity contribution in [1.29, 1.82) is 0 Å². The van der Waals surface area contributed by atoms with E-state index in [1.165, 1.54) is 24.3 Å². The van der Waals surface area contributed by atoms with Gasteiger partial charge in [0.2, 0.25) is 5.91 Å². The summed E-state index contributed by atoms with van der Waals surface area (Å²) in [4.78, 5) is 27.4. The van der Waals surface area contributed by atoms with Crippen LogP contribution in [-0.2, 0) is 16.1 Å². The maximum absolute atomic E-state index is 13.4. The number of ether oxygens (including phenoxy) is 1. The van der Waals surface area contributed by atoms with Crippen molar-refractivity contribution in [2.24, 2.45) is 5.92 Å². The number of para-hydroxylation sites is 1. The Morgan fingerprint density at radius 3 is 2.44 bits per heavy atom. The number of nitrogens with zero attached hydrogens (tertiary/aromatic N) is 1. The summed E-state index contributed by atoms with van der Waals surface area (Å²) >= 11 is 0. The monoisotopic (exact) mass is 429 g/mol. The summed E-state index contributed by atoms with van der Waals surface area (Å²) in [6.45, 7) is -0.0882. The van der Waals surface area contributed by atoms with Crippen LogP contribution in [0.15, 0.2) is 78.9 Å². The van der Waals surface area contributed by atoms with Gasteiger partial charge in [-0.1, -0.05) is 66.7 Å². The highest BCUT2D eigenvalue weighted by Crippen LogP contribution is 2.48. The SMILES string of the molecule is O=C(OCc1ccc(F)cc1)N1C(=O)C(C2C=Cc3ccccc3C2O)c2ccccc21. The number of hydrogen-bond donors (Lipinski definition) is 1. The topological polar surface area (TPSA) is 66.8 Å². The van der Waals surface area contributed by atoms with E-state index in [4.69, 9.17) is 4.74 Å². The van der Waals surface area contributed by atoms with Gasteiger partial charge in [0.15, 0.2) is 0 Å². The molecule has 0 saturated heterocycles. The number of anilines is 1. The molecule has 160 valence electrons. The normalized spacial score (nSPS) is 21.2. The minimum absolute atomic E-state index is 0.0882. The van der Waals surface area contributed by atoms with Gasteiger partial charge in [0.25, 0.3) is 0 Å². The average molecular weight is 429 g/mol. The molecule has 3 atom stereocenters. The van der Waals surface area contributed by atoms with Crippen LogP contribution in [0.1, 0.15) is 34.3 Å². The number of imide groups is 1. The molecule has 0 radical (unpaired) electrons. The van der Waals surface area contributed by atoms with Crippen LogP contribution in [0, 0.1) is 11.7 Å². The summed E-state index contributed by atoms with van der Waals surface area (Å²) in [6.07, 6.45) is 2.05. The van der Waals surface area contributed by atoms with Gasteiger partial charge in [0, 0.05) is 5.92 Å². The van der Waals surface area contributed by atoms with E-state index < -0.39 is 29.9 Å². The maximum atomic E-state index is 13.4. The zero-order valence-corrected chi connectivity index (χ0v) is 17.0. The second kappa shape index (κ2) is 8.05. The van der Waals surface area contributed by atoms with E-state index in [0.717, 1.165) is 16.0 Å². The van der Waals surface area contributed by atoms with E-state index >= 15 is 0 Å². The molecule has 3 unspecified atom stereocenters. The van der Waals surface area contributed by atoms with Crippen LogP contribution in [0.3, 0.4) is 0 Å². The first-order chi connectivity index (χ1) is 15.5. The van der Waals surface area contributed by atoms with E-state index in [1.54, 1.807) is 24.3 Å². The van der Waals surface area contributed by atoms with Crippen molar-refractivity contribution in [1.82, 2.24) is 0 Å². The molecule has 2 amide bonds. The molecule has 1 aliphatic carbocycles. The Labute approximate surface area is 184 Å². The van der Waals surface area contributed by atoms with Crippen molar-refractivity contribution in [3.05, 3.63) is 107 Å². The molecule has 32 heavy (non-hydrogen) atoms. The molecule has 5 rings (SSSR count). The zero-order chi connectivity index (χ0) is 22.2. The minimum atomic E-state index is -0.881. The van der Waals surface area contributed by atoms with E-state index in [9.17, 15) is 19.1 Å². The summed E-state index contributed by atoms with van der Waals surface area (Å²) in [6, 6.07) is 20.1. The van der Waals surface area contributed by atoms with Crippen LogP contribution in [0.5, 0.6) is 0 Å². The fourth-order valence-corrected chi connectivity index (χ4v) is 4.45. The lowest BCUT2D eigenvalue weighted by Crippen LogP contribution is -2.38. The highest BCUT2D eigenvalue weighted by atomic mass is 19.1. The predicted octanol–water partition coefficient (Wildman–Crippen LogP) is 4.97. The number of carbonyl (C=O) groups is 2. The third-order valence-corrected chi connectivity index (χ3v) is 6.02. The van der Waals surface area contributed by atoms with Gasteiger partial charge in [0.05, 0.1) is 17.7 Å². The molecule has 5 nitrogen and oxygen atoms in total. The number of aliphatic hydroxyl groups is 1. The second-order valence-corrected chi connectivity index (χ2v) is 7.90. The number of halogens is 1. The summed E-state index contributed by atoms with van der Waals surface area (Å²) in [5, 5.41) is 11.1. The molecule has 0 fully saturated rings. The fourth-order valence-electron chi connectivity index (χ4n) is 4.45. The van der Waals surface area contributed by atoms with Gasteiger partial charge in [-0.3, -0.25) is 4.79 Å². The lowest BCUT2D eigenvalue weighted by atomic mass is 9.77. The minimum Gasteiger partial charge on any atom is -0.444 e. The Morgan fingerprint density at radius 1 is 0.969 bits per heavy atom. The highest BCUT2D eigenvalue weighted by molar-refractivity contribution is 6.19. The molecule has 0 spiro atoms. The summed E-state index contributed by atoms with van der Waals surface area (Å²) in [5.74, 6) is -2.06. The summed E-state index contributed by atoms with van der Waals surface area (Å²) < 4.78 is 18.5. The van der Waals surface area contributed by atoms with Crippen LogP contribution in [0.2, 0.25) is 0 Å². The Balaban J connectivity index is 1.42. The third kappa shape index (κ3) is 3.39. The van der Waals surface area contributed by atoms with Crippen molar-refractivity contribution in [3.63, 3.8) is 0 Å². The number of benzene rings is 3. The number of rotatable bonds is 3. The van der Waals surface area contributed by atoms with Crippen molar-refractivity contribution in [2.45, 2.75) is 18.6 Å². The third-order valence-electron chi connectivity index (χ3n) is 6.02. The smallest absolute Gasteiger partial charge is 0.421 e. The standard InChI is InChI=1S/C26H20FNO4/c27-18-12-9-16(10-13-18)15-32-26(31)28-22-8-4-3-7-20(22)23(25(28)30)21-14-11-17-5-1-2-6-19(17)24(21)29/h1-14,21,23-24,29H,15H2. The Morgan fingerprint density at radius 2 is 1.66 bits per heavy atom. The summed E-state index contributed by atoms with van der Waals surface area (Å²) in [5.41, 5.74) is 3.39. The van der Waals surface area contributed by atoms with Crippen molar-refractivity contribution >= 4 is 23.8 Å². The van der Waals surface area contributed by atoms with Crippen LogP contribution in [0.4, 0.5) is 14.9 Å². The number of carbonyl (C=O) groups excluding carboxylic acids is 2. The van der Waals surface area contributed by atoms with Gasteiger partial charge in [-0.15, -0.1) is 0 Å². The fraction of sp³-hybridized carbons (Fsp3) is 0.154. The largest absolute Gasteiger partial charge is 0.444 e. The molecule has 2 aliphatic rings. The zero-order valence-electron chi connectivity index (χ0n) is 17.0. The quantitative estimate of drug-likeness (QED) is 0.639. The first-order valence-electron chi connectivity index (χ1n) is 10.3. The lowest BCUT2D eigenvalue weighted by Gasteiger charge is -2.29. The lowest BCUT2D eigenvalue weighted by molar-refractivity contribution is -0.120. The Kier molecular flexibility index (Phi) is 5.07. The molecule has 1 aliphatic heterocycles. The van der Waals surface area contributed by atoms with Crippen LogP contribution >= 0.6 is 0 Å². The van der Waals surface area contributed by atoms with Crippen molar-refractivity contribution in [2.75, 3.05) is 4.90 Å². The first-order valence-corrected chi connectivity index (χ1v) is 10.3. The number of aliphatic hydroxyl groups excluding tert-OH is 1. The maximum Gasteiger partial charge on any atom is 0.421 e. The van der Waals surface area contributed by atoms with Crippen molar-refractivity contribution < 1.29 is 23.8 Å². The van der Waals surface area contributed by atoms with Gasteiger partial charge in [-0.25, -0.2) is 14.1 Å². The second-order valence-electron chi connectivity index (χ2n) is 7.90. The first kappa shape index (κ1) is 20.2. The molecule has 1 N–H and O–H groups in total.